The first kappa shape index (κ1) is 25.7. The van der Waals surface area contributed by atoms with E-state index in [9.17, 15) is 9.59 Å². The Morgan fingerprint density at radius 3 is 1.83 bits per heavy atom. The summed E-state index contributed by atoms with van der Waals surface area (Å²) in [7, 11) is 0. The average molecular weight is 488 g/mol. The normalized spacial score (nSPS) is 17.0. The minimum Gasteiger partial charge on any atom is -0.468 e. The quantitative estimate of drug-likeness (QED) is 0.290. The third kappa shape index (κ3) is 4.96. The number of para-hydroxylation sites is 2. The van der Waals surface area contributed by atoms with Crippen LogP contribution < -0.4 is 15.8 Å². The van der Waals surface area contributed by atoms with Crippen molar-refractivity contribution in [2.24, 2.45) is 17.1 Å². The maximum absolute atomic E-state index is 14.4. The lowest BCUT2D eigenvalue weighted by Gasteiger charge is -2.31. The molecule has 2 N–H and O–H groups in total. The molecule has 1 aliphatic heterocycles. The van der Waals surface area contributed by atoms with E-state index in [2.05, 4.69) is 13.8 Å². The van der Waals surface area contributed by atoms with Crippen molar-refractivity contribution >= 4 is 23.2 Å². The molecular weight excluding hydrogens is 450 g/mol. The molecule has 2 heterocycles. The van der Waals surface area contributed by atoms with Crippen molar-refractivity contribution in [3.63, 3.8) is 0 Å². The molecule has 0 aliphatic carbocycles. The summed E-state index contributed by atoms with van der Waals surface area (Å²) in [6.45, 7) is 4.23. The van der Waals surface area contributed by atoms with E-state index in [-0.39, 0.29) is 23.8 Å². The van der Waals surface area contributed by atoms with Gasteiger partial charge in [0.05, 0.1) is 23.7 Å². The average Bonchev–Trinajstić information content (AvgIpc) is 3.53. The predicted molar refractivity (Wildman–Crippen MR) is 143 cm³/mol. The van der Waals surface area contributed by atoms with Crippen LogP contribution in [0.3, 0.4) is 0 Å². The Morgan fingerprint density at radius 2 is 1.36 bits per heavy atom. The van der Waals surface area contributed by atoms with Gasteiger partial charge >= 0.3 is 0 Å². The van der Waals surface area contributed by atoms with Crippen LogP contribution in [-0.4, -0.2) is 11.8 Å². The third-order valence-corrected chi connectivity index (χ3v) is 7.28. The number of hydrazine groups is 1. The number of nitrogens with two attached hydrogens (primary N) is 1. The van der Waals surface area contributed by atoms with Gasteiger partial charge in [-0.25, -0.2) is 10.0 Å². The van der Waals surface area contributed by atoms with E-state index in [0.717, 1.165) is 32.1 Å². The molecule has 2 atom stereocenters. The zero-order chi connectivity index (χ0) is 25.5. The van der Waals surface area contributed by atoms with Crippen molar-refractivity contribution in [2.45, 2.75) is 64.8 Å². The van der Waals surface area contributed by atoms with Gasteiger partial charge < -0.3 is 10.2 Å². The lowest BCUT2D eigenvalue weighted by molar-refractivity contribution is -0.137. The summed E-state index contributed by atoms with van der Waals surface area (Å²) in [6, 6.07) is 22.2. The number of rotatable bonds is 12. The molecule has 0 saturated carbocycles. The smallest absolute Gasteiger partial charge is 0.262 e. The Labute approximate surface area is 214 Å². The molecule has 0 radical (unpaired) electrons. The molecule has 190 valence electrons. The van der Waals surface area contributed by atoms with Gasteiger partial charge in [0.25, 0.3) is 11.8 Å². The van der Waals surface area contributed by atoms with Gasteiger partial charge in [-0.2, -0.15) is 0 Å². The van der Waals surface area contributed by atoms with E-state index in [0.29, 0.717) is 30.0 Å². The molecule has 6 heteroatoms. The number of nitrogens with zero attached hydrogens (tertiary/aromatic N) is 2. The summed E-state index contributed by atoms with van der Waals surface area (Å²) in [4.78, 5) is 28.9. The van der Waals surface area contributed by atoms with Gasteiger partial charge in [-0.05, 0) is 61.6 Å². The summed E-state index contributed by atoms with van der Waals surface area (Å²) in [5, 5.41) is 3.14. The summed E-state index contributed by atoms with van der Waals surface area (Å²) in [6.07, 6.45) is 6.97. The first-order chi connectivity index (χ1) is 17.5. The maximum atomic E-state index is 14.4. The summed E-state index contributed by atoms with van der Waals surface area (Å²) < 4.78 is 5.65. The molecule has 4 rings (SSSR count). The van der Waals surface area contributed by atoms with Crippen LogP contribution in [0.25, 0.3) is 0 Å². The number of furan rings is 1. The highest BCUT2D eigenvalue weighted by Gasteiger charge is 2.59. The number of unbranched alkanes of at least 4 members (excludes halogenated alkanes) is 2. The molecule has 1 fully saturated rings. The molecule has 3 aromatic rings. The van der Waals surface area contributed by atoms with E-state index in [1.807, 2.05) is 72.8 Å². The predicted octanol–water partition coefficient (Wildman–Crippen LogP) is 6.65. The maximum Gasteiger partial charge on any atom is 0.262 e. The molecule has 36 heavy (non-hydrogen) atoms. The first-order valence-corrected chi connectivity index (χ1v) is 13.1. The number of hydrogen-bond donors (Lipinski definition) is 1. The first-order valence-electron chi connectivity index (χ1n) is 13.1. The van der Waals surface area contributed by atoms with Gasteiger partial charge in [0.15, 0.2) is 0 Å². The van der Waals surface area contributed by atoms with Gasteiger partial charge in [0, 0.05) is 0 Å². The second-order valence-corrected chi connectivity index (χ2v) is 9.74. The molecule has 2 amide bonds. The van der Waals surface area contributed by atoms with Crippen LogP contribution in [-0.2, 0) is 9.59 Å². The van der Waals surface area contributed by atoms with Crippen LogP contribution in [0.15, 0.2) is 83.5 Å². The Hall–Kier alpha value is -3.38. The Kier molecular flexibility index (Phi) is 8.26. The molecule has 6 nitrogen and oxygen atoms in total. The van der Waals surface area contributed by atoms with Crippen molar-refractivity contribution in [2.75, 3.05) is 10.0 Å². The van der Waals surface area contributed by atoms with E-state index < -0.39 is 5.41 Å². The number of hydrogen-bond acceptors (Lipinski definition) is 4. The van der Waals surface area contributed by atoms with Crippen molar-refractivity contribution in [3.8, 4) is 0 Å². The standard InChI is InChI=1S/C30H37N3O3/c1-3-5-14-23(27(31)26-19-13-21-36-26)22-30(20-6-4-2)28(34)32(24-15-9-7-10-16-24)33(29(30)35)25-17-11-8-12-18-25/h7-13,15-19,21,23,27H,3-6,14,20,22,31H2,1-2H3. The fraction of sp³-hybridized carbons (Fsp3) is 0.400. The lowest BCUT2D eigenvalue weighted by atomic mass is 9.71. The molecule has 0 spiro atoms. The van der Waals surface area contributed by atoms with Crippen LogP contribution in [0.5, 0.6) is 0 Å². The summed E-state index contributed by atoms with van der Waals surface area (Å²) in [5.74, 6) is 0.266. The van der Waals surface area contributed by atoms with E-state index in [1.54, 1.807) is 16.3 Å². The minimum absolute atomic E-state index is 0.0748. The van der Waals surface area contributed by atoms with Gasteiger partial charge in [-0.15, -0.1) is 0 Å². The minimum atomic E-state index is -1.19. The molecule has 1 aromatic heterocycles. The third-order valence-electron chi connectivity index (χ3n) is 7.28. The molecular formula is C30H37N3O3. The molecule has 2 aromatic carbocycles. The van der Waals surface area contributed by atoms with Crippen molar-refractivity contribution in [1.82, 2.24) is 0 Å². The van der Waals surface area contributed by atoms with E-state index >= 15 is 0 Å². The van der Waals surface area contributed by atoms with E-state index in [4.69, 9.17) is 10.2 Å². The van der Waals surface area contributed by atoms with Gasteiger partial charge in [-0.1, -0.05) is 75.9 Å². The Balaban J connectivity index is 1.80. The lowest BCUT2D eigenvalue weighted by Crippen LogP contribution is -2.41. The topological polar surface area (TPSA) is 79.8 Å². The number of benzene rings is 2. The van der Waals surface area contributed by atoms with Crippen LogP contribution >= 0.6 is 0 Å². The van der Waals surface area contributed by atoms with Crippen molar-refractivity contribution in [1.29, 1.82) is 0 Å². The zero-order valence-corrected chi connectivity index (χ0v) is 21.3. The number of anilines is 2. The highest BCUT2D eigenvalue weighted by molar-refractivity contribution is 6.26. The SMILES string of the molecule is CCCCC(CC1(CCCC)C(=O)N(c2ccccc2)N(c2ccccc2)C1=O)C(N)c1ccco1. The fourth-order valence-corrected chi connectivity index (χ4v) is 5.29. The summed E-state index contributed by atoms with van der Waals surface area (Å²) >= 11 is 0. The number of carbonyl (C=O) groups is 2. The molecule has 1 aliphatic rings. The van der Waals surface area contributed by atoms with Crippen LogP contribution in [0.1, 0.15) is 70.6 Å². The Morgan fingerprint density at radius 1 is 0.806 bits per heavy atom. The van der Waals surface area contributed by atoms with Crippen molar-refractivity contribution < 1.29 is 14.0 Å². The molecule has 1 saturated heterocycles. The van der Waals surface area contributed by atoms with Gasteiger partial charge in [0.1, 0.15) is 11.2 Å². The van der Waals surface area contributed by atoms with Gasteiger partial charge in [-0.3, -0.25) is 9.59 Å². The fourth-order valence-electron chi connectivity index (χ4n) is 5.29. The van der Waals surface area contributed by atoms with Crippen molar-refractivity contribution in [3.05, 3.63) is 84.8 Å². The summed E-state index contributed by atoms with van der Waals surface area (Å²) in [5.41, 5.74) is 6.90. The Bertz CT molecular complexity index is 1060. The highest BCUT2D eigenvalue weighted by Crippen LogP contribution is 2.47. The molecule has 2 unspecified atom stereocenters. The largest absolute Gasteiger partial charge is 0.468 e. The number of carbonyl (C=O) groups excluding carboxylic acids is 2. The number of amides is 2. The highest BCUT2D eigenvalue weighted by atomic mass is 16.3. The zero-order valence-electron chi connectivity index (χ0n) is 21.3. The molecule has 0 bridgehead atoms. The van der Waals surface area contributed by atoms with Crippen LogP contribution in [0.4, 0.5) is 11.4 Å². The second kappa shape index (κ2) is 11.6. The second-order valence-electron chi connectivity index (χ2n) is 9.74. The monoisotopic (exact) mass is 487 g/mol. The van der Waals surface area contributed by atoms with Gasteiger partial charge in [0.2, 0.25) is 0 Å². The van der Waals surface area contributed by atoms with Crippen LogP contribution in [0.2, 0.25) is 0 Å². The van der Waals surface area contributed by atoms with Crippen LogP contribution in [0, 0.1) is 11.3 Å². The van der Waals surface area contributed by atoms with E-state index in [1.165, 1.54) is 0 Å².